The molecule has 14 heavy (non-hydrogen) atoms. The van der Waals surface area contributed by atoms with Gasteiger partial charge in [0, 0.05) is 18.0 Å². The van der Waals surface area contributed by atoms with E-state index in [0.717, 1.165) is 11.4 Å². The molecule has 1 aromatic rings. The molecule has 0 aliphatic heterocycles. The smallest absolute Gasteiger partial charge is 0.0951 e. The van der Waals surface area contributed by atoms with Crippen LogP contribution in [-0.2, 0) is 5.54 Å². The van der Waals surface area contributed by atoms with Gasteiger partial charge in [-0.1, -0.05) is 0 Å². The Kier molecular flexibility index (Phi) is 3.61. The minimum absolute atomic E-state index is 0.316. The van der Waals surface area contributed by atoms with E-state index in [1.54, 1.807) is 0 Å². The zero-order valence-electron chi connectivity index (χ0n) is 9.32. The molecule has 1 unspecified atom stereocenters. The van der Waals surface area contributed by atoms with E-state index in [9.17, 15) is 0 Å². The first-order valence-electron chi connectivity index (χ1n) is 4.77. The average Bonchev–Trinajstić information content (AvgIpc) is 2.50. The van der Waals surface area contributed by atoms with Crippen molar-refractivity contribution in [2.24, 2.45) is 5.73 Å². The van der Waals surface area contributed by atoms with Gasteiger partial charge in [-0.2, -0.15) is 11.8 Å². The molecule has 0 saturated carbocycles. The summed E-state index contributed by atoms with van der Waals surface area (Å²) in [5.41, 5.74) is 6.85. The summed E-state index contributed by atoms with van der Waals surface area (Å²) < 4.78 is 2.16. The van der Waals surface area contributed by atoms with Gasteiger partial charge in [0.15, 0.2) is 0 Å². The van der Waals surface area contributed by atoms with Crippen LogP contribution in [0.3, 0.4) is 0 Å². The zero-order chi connectivity index (χ0) is 10.8. The summed E-state index contributed by atoms with van der Waals surface area (Å²) in [7, 11) is 0. The van der Waals surface area contributed by atoms with Crippen LogP contribution in [0.1, 0.15) is 32.5 Å². The van der Waals surface area contributed by atoms with E-state index in [4.69, 9.17) is 5.73 Å². The van der Waals surface area contributed by atoms with Crippen molar-refractivity contribution in [2.45, 2.75) is 32.4 Å². The van der Waals surface area contributed by atoms with Crippen LogP contribution in [0.5, 0.6) is 0 Å². The molecular formula is C10H19N3S. The molecule has 2 N–H and O–H groups in total. The molecule has 0 radical (unpaired) electrons. The monoisotopic (exact) mass is 213 g/mol. The summed E-state index contributed by atoms with van der Waals surface area (Å²) in [6.07, 6.45) is 5.84. The second kappa shape index (κ2) is 4.36. The van der Waals surface area contributed by atoms with E-state index >= 15 is 0 Å². The van der Waals surface area contributed by atoms with E-state index in [-0.39, 0.29) is 5.54 Å². The molecule has 0 aromatic carbocycles. The van der Waals surface area contributed by atoms with Gasteiger partial charge < -0.3 is 10.3 Å². The maximum atomic E-state index is 6.07. The highest BCUT2D eigenvalue weighted by atomic mass is 32.2. The third-order valence-corrected chi connectivity index (χ3v) is 3.02. The molecule has 0 bridgehead atoms. The Morgan fingerprint density at radius 1 is 1.64 bits per heavy atom. The van der Waals surface area contributed by atoms with Crippen molar-refractivity contribution < 1.29 is 0 Å². The third kappa shape index (κ3) is 2.51. The Morgan fingerprint density at radius 3 is 2.79 bits per heavy atom. The molecule has 0 aliphatic rings. The average molecular weight is 213 g/mol. The second-order valence-electron chi connectivity index (χ2n) is 4.21. The fraction of sp³-hybridized carbons (Fsp3) is 0.700. The maximum absolute atomic E-state index is 6.07. The number of aromatic nitrogens is 2. The van der Waals surface area contributed by atoms with E-state index in [1.165, 1.54) is 0 Å². The maximum Gasteiger partial charge on any atom is 0.0951 e. The number of thioether (sulfide) groups is 1. The SMILES string of the molecule is CSCC(C)n1cncc1C(C)(C)N. The number of nitrogens with zero attached hydrogens (tertiary/aromatic N) is 2. The summed E-state index contributed by atoms with van der Waals surface area (Å²) in [6.45, 7) is 6.20. The summed E-state index contributed by atoms with van der Waals surface area (Å²) in [6, 6.07) is 0.449. The molecule has 1 atom stereocenters. The highest BCUT2D eigenvalue weighted by molar-refractivity contribution is 7.98. The van der Waals surface area contributed by atoms with Crippen LogP contribution in [-0.4, -0.2) is 21.6 Å². The van der Waals surface area contributed by atoms with E-state index < -0.39 is 0 Å². The Balaban J connectivity index is 2.93. The number of imidazole rings is 1. The lowest BCUT2D eigenvalue weighted by atomic mass is 10.0. The van der Waals surface area contributed by atoms with Crippen molar-refractivity contribution in [3.63, 3.8) is 0 Å². The number of rotatable bonds is 4. The quantitative estimate of drug-likeness (QED) is 0.832. The van der Waals surface area contributed by atoms with Gasteiger partial charge in [0.05, 0.1) is 17.6 Å². The largest absolute Gasteiger partial charge is 0.329 e. The van der Waals surface area contributed by atoms with Gasteiger partial charge in [0.1, 0.15) is 0 Å². The number of nitrogens with two attached hydrogens (primary N) is 1. The van der Waals surface area contributed by atoms with Crippen molar-refractivity contribution in [3.05, 3.63) is 18.2 Å². The van der Waals surface area contributed by atoms with Gasteiger partial charge in [-0.3, -0.25) is 0 Å². The van der Waals surface area contributed by atoms with Gasteiger partial charge in [-0.25, -0.2) is 4.98 Å². The van der Waals surface area contributed by atoms with Crippen LogP contribution in [0.2, 0.25) is 0 Å². The normalized spacial score (nSPS) is 14.4. The molecule has 1 aromatic heterocycles. The second-order valence-corrected chi connectivity index (χ2v) is 5.12. The zero-order valence-corrected chi connectivity index (χ0v) is 10.1. The van der Waals surface area contributed by atoms with Crippen molar-refractivity contribution in [1.82, 2.24) is 9.55 Å². The van der Waals surface area contributed by atoms with Crippen LogP contribution in [0.4, 0.5) is 0 Å². The molecule has 80 valence electrons. The number of hydrogen-bond acceptors (Lipinski definition) is 3. The van der Waals surface area contributed by atoms with Crippen LogP contribution in [0, 0.1) is 0 Å². The predicted octanol–water partition coefficient (Wildman–Crippen LogP) is 2.00. The van der Waals surface area contributed by atoms with Gasteiger partial charge in [-0.15, -0.1) is 0 Å². The fourth-order valence-corrected chi connectivity index (χ4v) is 2.12. The molecule has 0 spiro atoms. The van der Waals surface area contributed by atoms with Crippen LogP contribution in [0.15, 0.2) is 12.5 Å². The molecular weight excluding hydrogens is 194 g/mol. The van der Waals surface area contributed by atoms with Gasteiger partial charge in [0.2, 0.25) is 0 Å². The van der Waals surface area contributed by atoms with E-state index in [0.29, 0.717) is 6.04 Å². The Hall–Kier alpha value is -0.480. The first-order chi connectivity index (χ1) is 6.46. The lowest BCUT2D eigenvalue weighted by Crippen LogP contribution is -2.32. The molecule has 1 heterocycles. The minimum Gasteiger partial charge on any atom is -0.329 e. The lowest BCUT2D eigenvalue weighted by Gasteiger charge is -2.24. The van der Waals surface area contributed by atoms with Crippen molar-refractivity contribution in [3.8, 4) is 0 Å². The van der Waals surface area contributed by atoms with Crippen molar-refractivity contribution in [2.75, 3.05) is 12.0 Å². The standard InChI is InChI=1S/C10H19N3S/c1-8(6-14-4)13-7-12-5-9(13)10(2,3)11/h5,7-8H,6,11H2,1-4H3. The summed E-state index contributed by atoms with van der Waals surface area (Å²) in [5.74, 6) is 1.08. The molecule has 0 saturated heterocycles. The highest BCUT2D eigenvalue weighted by Crippen LogP contribution is 2.21. The van der Waals surface area contributed by atoms with Crippen LogP contribution in [0.25, 0.3) is 0 Å². The van der Waals surface area contributed by atoms with Gasteiger partial charge >= 0.3 is 0 Å². The summed E-state index contributed by atoms with van der Waals surface area (Å²) >= 11 is 1.84. The van der Waals surface area contributed by atoms with Gasteiger partial charge in [0.25, 0.3) is 0 Å². The van der Waals surface area contributed by atoms with Crippen LogP contribution >= 0.6 is 11.8 Å². The fourth-order valence-electron chi connectivity index (χ4n) is 1.48. The van der Waals surface area contributed by atoms with E-state index in [2.05, 4.69) is 22.7 Å². The third-order valence-electron chi connectivity index (χ3n) is 2.21. The van der Waals surface area contributed by atoms with E-state index in [1.807, 2.05) is 38.1 Å². The summed E-state index contributed by atoms with van der Waals surface area (Å²) in [5, 5.41) is 0. The predicted molar refractivity (Wildman–Crippen MR) is 62.5 cm³/mol. The molecule has 0 fully saturated rings. The first kappa shape index (κ1) is 11.6. The Labute approximate surface area is 90.1 Å². The molecule has 4 heteroatoms. The van der Waals surface area contributed by atoms with Crippen molar-refractivity contribution >= 4 is 11.8 Å². The number of hydrogen-bond donors (Lipinski definition) is 1. The minimum atomic E-state index is -0.316. The molecule has 3 nitrogen and oxygen atoms in total. The first-order valence-corrected chi connectivity index (χ1v) is 6.16. The highest BCUT2D eigenvalue weighted by Gasteiger charge is 2.20. The van der Waals surface area contributed by atoms with Crippen LogP contribution < -0.4 is 5.73 Å². The Morgan fingerprint density at radius 2 is 2.29 bits per heavy atom. The molecule has 0 aliphatic carbocycles. The molecule has 1 rings (SSSR count). The summed E-state index contributed by atoms with van der Waals surface area (Å²) in [4.78, 5) is 4.17. The molecule has 0 amide bonds. The Bertz CT molecular complexity index is 288. The topological polar surface area (TPSA) is 43.8 Å². The van der Waals surface area contributed by atoms with Crippen molar-refractivity contribution in [1.29, 1.82) is 0 Å². The lowest BCUT2D eigenvalue weighted by molar-refractivity contribution is 0.469. The van der Waals surface area contributed by atoms with Gasteiger partial charge in [-0.05, 0) is 27.0 Å².